The fourth-order valence-corrected chi connectivity index (χ4v) is 3.26. The van der Waals surface area contributed by atoms with E-state index in [9.17, 15) is 4.79 Å². The smallest absolute Gasteiger partial charge is 0.409 e. The molecule has 0 radical (unpaired) electrons. The molecule has 24 heavy (non-hydrogen) atoms. The Morgan fingerprint density at radius 2 is 2.21 bits per heavy atom. The third kappa shape index (κ3) is 3.36. The molecule has 0 bridgehead atoms. The number of hydrogen-bond donors (Lipinski definition) is 0. The standard InChI is InChI=1S/C17H28N4O3/c1-4-5-8-24-17(22)19-6-7-20(14(3)10-19)16-13(2)9-18-21(16)15-11-23-12-15/h9,14-15H,4-8,10-12H2,1-3H3/t14-/m1/s1. The number of piperazine rings is 1. The van der Waals surface area contributed by atoms with Gasteiger partial charge in [0, 0.05) is 31.2 Å². The van der Waals surface area contributed by atoms with Gasteiger partial charge in [0.25, 0.3) is 0 Å². The molecular formula is C17H28N4O3. The molecule has 1 amide bonds. The zero-order valence-corrected chi connectivity index (χ0v) is 14.9. The van der Waals surface area contributed by atoms with E-state index < -0.39 is 0 Å². The minimum Gasteiger partial charge on any atom is -0.449 e. The van der Waals surface area contributed by atoms with E-state index in [1.54, 1.807) is 0 Å². The first-order valence-electron chi connectivity index (χ1n) is 8.92. The average Bonchev–Trinajstić information content (AvgIpc) is 2.87. The summed E-state index contributed by atoms with van der Waals surface area (Å²) in [5.41, 5.74) is 1.17. The molecule has 1 atom stereocenters. The van der Waals surface area contributed by atoms with Crippen LogP contribution in [0, 0.1) is 6.92 Å². The molecule has 1 aromatic heterocycles. The summed E-state index contributed by atoms with van der Waals surface area (Å²) in [6.45, 7) is 10.5. The number of anilines is 1. The molecule has 2 aliphatic heterocycles. The van der Waals surface area contributed by atoms with E-state index in [0.717, 1.165) is 38.4 Å². The van der Waals surface area contributed by atoms with Gasteiger partial charge < -0.3 is 19.3 Å². The number of rotatable bonds is 5. The van der Waals surface area contributed by atoms with Gasteiger partial charge in [-0.3, -0.25) is 0 Å². The Balaban J connectivity index is 1.64. The second kappa shape index (κ2) is 7.42. The summed E-state index contributed by atoms with van der Waals surface area (Å²) >= 11 is 0. The van der Waals surface area contributed by atoms with Crippen LogP contribution in [0.2, 0.25) is 0 Å². The molecule has 3 heterocycles. The lowest BCUT2D eigenvalue weighted by Gasteiger charge is -2.42. The number of carbonyl (C=O) groups excluding carboxylic acids is 1. The minimum absolute atomic E-state index is 0.187. The average molecular weight is 336 g/mol. The fourth-order valence-electron chi connectivity index (χ4n) is 3.26. The summed E-state index contributed by atoms with van der Waals surface area (Å²) in [6, 6.07) is 0.561. The SMILES string of the molecule is CCCCOC(=O)N1CCN(c2c(C)cnn2C2COC2)[C@H](C)C1. The van der Waals surface area contributed by atoms with Crippen LogP contribution in [-0.2, 0) is 9.47 Å². The highest BCUT2D eigenvalue weighted by Gasteiger charge is 2.33. The number of amides is 1. The quantitative estimate of drug-likeness (QED) is 0.772. The number of hydrogen-bond acceptors (Lipinski definition) is 5. The van der Waals surface area contributed by atoms with E-state index in [0.29, 0.717) is 25.7 Å². The maximum absolute atomic E-state index is 12.2. The van der Waals surface area contributed by atoms with Gasteiger partial charge in [0.15, 0.2) is 0 Å². The van der Waals surface area contributed by atoms with Crippen LogP contribution in [0.1, 0.15) is 38.3 Å². The van der Waals surface area contributed by atoms with Gasteiger partial charge in [-0.25, -0.2) is 9.48 Å². The van der Waals surface area contributed by atoms with Crippen molar-refractivity contribution >= 4 is 11.9 Å². The van der Waals surface area contributed by atoms with E-state index in [-0.39, 0.29) is 12.1 Å². The van der Waals surface area contributed by atoms with Crippen LogP contribution in [0.3, 0.4) is 0 Å². The van der Waals surface area contributed by atoms with Gasteiger partial charge in [-0.05, 0) is 20.3 Å². The number of unbranched alkanes of at least 4 members (excludes halogenated alkanes) is 1. The van der Waals surface area contributed by atoms with Crippen molar-refractivity contribution in [2.24, 2.45) is 0 Å². The molecule has 2 saturated heterocycles. The van der Waals surface area contributed by atoms with Crippen molar-refractivity contribution in [2.75, 3.05) is 44.4 Å². The number of carbonyl (C=O) groups is 1. The summed E-state index contributed by atoms with van der Waals surface area (Å²) in [5, 5.41) is 4.54. The first-order valence-corrected chi connectivity index (χ1v) is 8.92. The van der Waals surface area contributed by atoms with Crippen LogP contribution in [-0.4, -0.2) is 66.3 Å². The summed E-state index contributed by atoms with van der Waals surface area (Å²) in [7, 11) is 0. The first-order chi connectivity index (χ1) is 11.6. The number of ether oxygens (including phenoxy) is 2. The topological polar surface area (TPSA) is 59.8 Å². The third-order valence-corrected chi connectivity index (χ3v) is 4.79. The maximum Gasteiger partial charge on any atom is 0.409 e. The lowest BCUT2D eigenvalue weighted by atomic mass is 10.1. The molecule has 7 nitrogen and oxygen atoms in total. The van der Waals surface area contributed by atoms with E-state index in [4.69, 9.17) is 9.47 Å². The molecule has 2 aliphatic rings. The van der Waals surface area contributed by atoms with Gasteiger partial charge in [-0.2, -0.15) is 5.10 Å². The molecule has 0 aromatic carbocycles. The zero-order valence-electron chi connectivity index (χ0n) is 14.9. The van der Waals surface area contributed by atoms with Crippen LogP contribution in [0.25, 0.3) is 0 Å². The van der Waals surface area contributed by atoms with Crippen LogP contribution < -0.4 is 4.90 Å². The summed E-state index contributed by atoms with van der Waals surface area (Å²) < 4.78 is 12.7. The zero-order chi connectivity index (χ0) is 17.1. The van der Waals surface area contributed by atoms with E-state index in [1.165, 1.54) is 5.56 Å². The minimum atomic E-state index is -0.187. The lowest BCUT2D eigenvalue weighted by molar-refractivity contribution is -0.0282. The summed E-state index contributed by atoms with van der Waals surface area (Å²) in [5.74, 6) is 1.16. The monoisotopic (exact) mass is 336 g/mol. The van der Waals surface area contributed by atoms with Gasteiger partial charge in [0.2, 0.25) is 0 Å². The largest absolute Gasteiger partial charge is 0.449 e. The van der Waals surface area contributed by atoms with E-state index >= 15 is 0 Å². The second-order valence-corrected chi connectivity index (χ2v) is 6.74. The number of aryl methyl sites for hydroxylation is 1. The lowest BCUT2D eigenvalue weighted by Crippen LogP contribution is -2.55. The van der Waals surface area contributed by atoms with Gasteiger partial charge in [-0.1, -0.05) is 13.3 Å². The molecule has 0 N–H and O–H groups in total. The molecule has 0 aliphatic carbocycles. The highest BCUT2D eigenvalue weighted by atomic mass is 16.6. The molecule has 0 spiro atoms. The Kier molecular flexibility index (Phi) is 5.28. The van der Waals surface area contributed by atoms with Crippen molar-refractivity contribution in [3.05, 3.63) is 11.8 Å². The van der Waals surface area contributed by atoms with Gasteiger partial charge in [0.05, 0.1) is 26.0 Å². The molecule has 1 aromatic rings. The van der Waals surface area contributed by atoms with E-state index in [1.807, 2.05) is 11.1 Å². The third-order valence-electron chi connectivity index (χ3n) is 4.79. The van der Waals surface area contributed by atoms with Crippen molar-refractivity contribution in [1.29, 1.82) is 0 Å². The molecule has 0 saturated carbocycles. The van der Waals surface area contributed by atoms with Crippen LogP contribution in [0.5, 0.6) is 0 Å². The van der Waals surface area contributed by atoms with Crippen molar-refractivity contribution in [2.45, 2.75) is 45.7 Å². The second-order valence-electron chi connectivity index (χ2n) is 6.74. The first kappa shape index (κ1) is 17.1. The van der Waals surface area contributed by atoms with Gasteiger partial charge >= 0.3 is 6.09 Å². The highest BCUT2D eigenvalue weighted by Crippen LogP contribution is 2.30. The van der Waals surface area contributed by atoms with Crippen molar-refractivity contribution in [3.63, 3.8) is 0 Å². The number of nitrogens with zero attached hydrogens (tertiary/aromatic N) is 4. The predicted molar refractivity (Wildman–Crippen MR) is 91.5 cm³/mol. The molecule has 134 valence electrons. The van der Waals surface area contributed by atoms with Crippen LogP contribution in [0.15, 0.2) is 6.20 Å². The van der Waals surface area contributed by atoms with Gasteiger partial charge in [-0.15, -0.1) is 0 Å². The normalized spacial score (nSPS) is 21.7. The summed E-state index contributed by atoms with van der Waals surface area (Å²) in [4.78, 5) is 16.3. The van der Waals surface area contributed by atoms with E-state index in [2.05, 4.69) is 35.5 Å². The highest BCUT2D eigenvalue weighted by molar-refractivity contribution is 5.68. The molecule has 3 rings (SSSR count). The number of aromatic nitrogens is 2. The Morgan fingerprint density at radius 3 is 2.83 bits per heavy atom. The predicted octanol–water partition coefficient (Wildman–Crippen LogP) is 2.21. The fraction of sp³-hybridized carbons (Fsp3) is 0.765. The van der Waals surface area contributed by atoms with Crippen molar-refractivity contribution in [1.82, 2.24) is 14.7 Å². The molecule has 0 unspecified atom stereocenters. The Hall–Kier alpha value is -1.76. The Labute approximate surface area is 143 Å². The van der Waals surface area contributed by atoms with Gasteiger partial charge in [0.1, 0.15) is 11.9 Å². The Morgan fingerprint density at radius 1 is 1.42 bits per heavy atom. The molecule has 7 heteroatoms. The summed E-state index contributed by atoms with van der Waals surface area (Å²) in [6.07, 6.45) is 3.69. The van der Waals surface area contributed by atoms with Crippen molar-refractivity contribution < 1.29 is 14.3 Å². The van der Waals surface area contributed by atoms with Crippen molar-refractivity contribution in [3.8, 4) is 0 Å². The molecular weight excluding hydrogens is 308 g/mol. The molecule has 2 fully saturated rings. The Bertz CT molecular complexity index is 570. The maximum atomic E-state index is 12.2. The van der Waals surface area contributed by atoms with Crippen LogP contribution >= 0.6 is 0 Å². The van der Waals surface area contributed by atoms with Crippen LogP contribution in [0.4, 0.5) is 10.6 Å².